The summed E-state index contributed by atoms with van der Waals surface area (Å²) in [5.74, 6) is 1.44. The summed E-state index contributed by atoms with van der Waals surface area (Å²) in [5.41, 5.74) is -0.575. The van der Waals surface area contributed by atoms with E-state index in [0.29, 0.717) is 19.0 Å². The Morgan fingerprint density at radius 3 is 3.06 bits per heavy atom. The van der Waals surface area contributed by atoms with Crippen LogP contribution in [0.1, 0.15) is 44.8 Å². The predicted octanol–water partition coefficient (Wildman–Crippen LogP) is 1.37. The van der Waals surface area contributed by atoms with E-state index in [2.05, 4.69) is 22.0 Å². The molecule has 2 rings (SSSR count). The van der Waals surface area contributed by atoms with Crippen LogP contribution in [0.15, 0.2) is 4.52 Å². The fourth-order valence-corrected chi connectivity index (χ4v) is 2.33. The van der Waals surface area contributed by atoms with E-state index in [9.17, 15) is 5.11 Å². The first-order valence-corrected chi connectivity index (χ1v) is 6.35. The number of nitrogens with zero attached hydrogens (tertiary/aromatic N) is 3. The average molecular weight is 239 g/mol. The van der Waals surface area contributed by atoms with E-state index >= 15 is 0 Å². The highest BCUT2D eigenvalue weighted by molar-refractivity contribution is 4.90. The molecular weight excluding hydrogens is 218 g/mol. The van der Waals surface area contributed by atoms with Gasteiger partial charge in [-0.1, -0.05) is 12.1 Å². The third-order valence-corrected chi connectivity index (χ3v) is 3.09. The van der Waals surface area contributed by atoms with Crippen molar-refractivity contribution in [2.24, 2.45) is 0 Å². The van der Waals surface area contributed by atoms with E-state index in [4.69, 9.17) is 4.52 Å². The fraction of sp³-hybridized carbons (Fsp3) is 0.833. The summed E-state index contributed by atoms with van der Waals surface area (Å²) in [6, 6.07) is 0. The molecule has 0 bridgehead atoms. The minimum atomic E-state index is -0.575. The zero-order valence-electron chi connectivity index (χ0n) is 10.6. The second-order valence-corrected chi connectivity index (χ2v) is 5.17. The van der Waals surface area contributed by atoms with Crippen molar-refractivity contribution >= 4 is 0 Å². The average Bonchev–Trinajstić information content (AvgIpc) is 2.64. The molecule has 1 unspecified atom stereocenters. The molecule has 5 heteroatoms. The van der Waals surface area contributed by atoms with Gasteiger partial charge in [0.25, 0.3) is 0 Å². The largest absolute Gasteiger partial charge is 0.389 e. The second kappa shape index (κ2) is 5.14. The molecule has 0 aromatic carbocycles. The first-order valence-electron chi connectivity index (χ1n) is 6.35. The van der Waals surface area contributed by atoms with Crippen LogP contribution < -0.4 is 0 Å². The van der Waals surface area contributed by atoms with Gasteiger partial charge in [0.2, 0.25) is 5.89 Å². The van der Waals surface area contributed by atoms with Gasteiger partial charge in [0, 0.05) is 13.0 Å². The molecule has 17 heavy (non-hydrogen) atoms. The number of likely N-dealkylation sites (tertiary alicyclic amines) is 1. The molecule has 0 saturated carbocycles. The molecule has 2 heterocycles. The Kier molecular flexibility index (Phi) is 3.79. The van der Waals surface area contributed by atoms with Crippen molar-refractivity contribution in [2.45, 2.75) is 51.7 Å². The van der Waals surface area contributed by atoms with Crippen molar-refractivity contribution in [1.29, 1.82) is 0 Å². The number of rotatable bonds is 4. The van der Waals surface area contributed by atoms with E-state index in [-0.39, 0.29) is 0 Å². The Hall–Kier alpha value is -0.940. The van der Waals surface area contributed by atoms with Crippen LogP contribution in [-0.4, -0.2) is 38.8 Å². The van der Waals surface area contributed by atoms with E-state index in [1.165, 1.54) is 0 Å². The second-order valence-electron chi connectivity index (χ2n) is 5.17. The number of piperidine rings is 1. The van der Waals surface area contributed by atoms with E-state index in [1.54, 1.807) is 0 Å². The Morgan fingerprint density at radius 1 is 1.53 bits per heavy atom. The molecule has 0 aliphatic carbocycles. The molecule has 1 saturated heterocycles. The number of aryl methyl sites for hydroxylation is 1. The number of hydrogen-bond acceptors (Lipinski definition) is 5. The molecule has 0 spiro atoms. The van der Waals surface area contributed by atoms with Gasteiger partial charge in [0.15, 0.2) is 5.82 Å². The van der Waals surface area contributed by atoms with Crippen LogP contribution in [0.3, 0.4) is 0 Å². The summed E-state index contributed by atoms with van der Waals surface area (Å²) in [7, 11) is 0. The van der Waals surface area contributed by atoms with Crippen LogP contribution >= 0.6 is 0 Å². The van der Waals surface area contributed by atoms with Crippen molar-refractivity contribution in [3.05, 3.63) is 11.7 Å². The fourth-order valence-electron chi connectivity index (χ4n) is 2.33. The van der Waals surface area contributed by atoms with Gasteiger partial charge in [0.1, 0.15) is 0 Å². The highest BCUT2D eigenvalue weighted by Crippen LogP contribution is 2.21. The third-order valence-electron chi connectivity index (χ3n) is 3.09. The normalized spacial score (nSPS) is 26.3. The van der Waals surface area contributed by atoms with Crippen LogP contribution in [0.4, 0.5) is 0 Å². The van der Waals surface area contributed by atoms with Crippen molar-refractivity contribution in [3.63, 3.8) is 0 Å². The number of aliphatic hydroxyl groups is 1. The summed E-state index contributed by atoms with van der Waals surface area (Å²) in [6.07, 6.45) is 3.74. The van der Waals surface area contributed by atoms with Gasteiger partial charge in [0.05, 0.1) is 12.1 Å². The van der Waals surface area contributed by atoms with Crippen LogP contribution in [0.5, 0.6) is 0 Å². The SMILES string of the molecule is CCCc1nc(CN2CCCC(C)(O)C2)no1. The Bertz CT molecular complexity index is 362. The maximum Gasteiger partial charge on any atom is 0.226 e. The minimum Gasteiger partial charge on any atom is -0.389 e. The summed E-state index contributed by atoms with van der Waals surface area (Å²) in [4.78, 5) is 6.53. The molecule has 1 N–H and O–H groups in total. The molecule has 1 aromatic rings. The lowest BCUT2D eigenvalue weighted by atomic mass is 9.95. The molecule has 96 valence electrons. The van der Waals surface area contributed by atoms with Crippen molar-refractivity contribution in [1.82, 2.24) is 15.0 Å². The maximum absolute atomic E-state index is 10.0. The number of hydrogen-bond donors (Lipinski definition) is 1. The van der Waals surface area contributed by atoms with E-state index in [1.807, 2.05) is 6.92 Å². The summed E-state index contributed by atoms with van der Waals surface area (Å²) >= 11 is 0. The topological polar surface area (TPSA) is 62.4 Å². The first-order chi connectivity index (χ1) is 8.09. The van der Waals surface area contributed by atoms with Gasteiger partial charge < -0.3 is 9.63 Å². The molecule has 1 atom stereocenters. The van der Waals surface area contributed by atoms with Gasteiger partial charge in [-0.3, -0.25) is 4.90 Å². The zero-order chi connectivity index (χ0) is 12.3. The van der Waals surface area contributed by atoms with Crippen molar-refractivity contribution in [2.75, 3.05) is 13.1 Å². The van der Waals surface area contributed by atoms with E-state index < -0.39 is 5.60 Å². The van der Waals surface area contributed by atoms with Crippen molar-refractivity contribution < 1.29 is 9.63 Å². The lowest BCUT2D eigenvalue weighted by Gasteiger charge is -2.36. The Labute approximate surface area is 102 Å². The highest BCUT2D eigenvalue weighted by atomic mass is 16.5. The lowest BCUT2D eigenvalue weighted by Crippen LogP contribution is -2.45. The highest BCUT2D eigenvalue weighted by Gasteiger charge is 2.28. The number of aromatic nitrogens is 2. The molecule has 1 aliphatic heterocycles. The van der Waals surface area contributed by atoms with Crippen LogP contribution in [0, 0.1) is 0 Å². The molecule has 1 aromatic heterocycles. The zero-order valence-corrected chi connectivity index (χ0v) is 10.6. The quantitative estimate of drug-likeness (QED) is 0.859. The minimum absolute atomic E-state index is 0.575. The summed E-state index contributed by atoms with van der Waals surface area (Å²) < 4.78 is 5.15. The standard InChI is InChI=1S/C12H21N3O2/c1-3-5-11-13-10(14-17-11)8-15-7-4-6-12(2,16)9-15/h16H,3-9H2,1-2H3. The Balaban J connectivity index is 1.91. The molecule has 1 aliphatic rings. The van der Waals surface area contributed by atoms with Crippen molar-refractivity contribution in [3.8, 4) is 0 Å². The van der Waals surface area contributed by atoms with Crippen LogP contribution in [0.25, 0.3) is 0 Å². The number of β-amino-alcohol motifs (C(OH)–C–C–N with tert-alkyl or cyclic N) is 1. The van der Waals surface area contributed by atoms with Crippen LogP contribution in [-0.2, 0) is 13.0 Å². The van der Waals surface area contributed by atoms with Gasteiger partial charge in [-0.05, 0) is 32.7 Å². The van der Waals surface area contributed by atoms with Gasteiger partial charge in [-0.25, -0.2) is 0 Å². The summed E-state index contributed by atoms with van der Waals surface area (Å²) in [5, 5.41) is 14.0. The smallest absolute Gasteiger partial charge is 0.226 e. The third kappa shape index (κ3) is 3.51. The lowest BCUT2D eigenvalue weighted by molar-refractivity contribution is -0.0190. The van der Waals surface area contributed by atoms with Crippen LogP contribution in [0.2, 0.25) is 0 Å². The molecule has 5 nitrogen and oxygen atoms in total. The molecule has 1 fully saturated rings. The Morgan fingerprint density at radius 2 is 2.35 bits per heavy atom. The summed E-state index contributed by atoms with van der Waals surface area (Å²) in [6.45, 7) is 6.32. The monoisotopic (exact) mass is 239 g/mol. The van der Waals surface area contributed by atoms with Gasteiger partial charge >= 0.3 is 0 Å². The molecule has 0 radical (unpaired) electrons. The first kappa shape index (κ1) is 12.5. The van der Waals surface area contributed by atoms with Gasteiger partial charge in [-0.15, -0.1) is 0 Å². The van der Waals surface area contributed by atoms with E-state index in [0.717, 1.165) is 38.1 Å². The molecular formula is C12H21N3O2. The molecule has 0 amide bonds. The van der Waals surface area contributed by atoms with Gasteiger partial charge in [-0.2, -0.15) is 4.98 Å². The maximum atomic E-state index is 10.0. The predicted molar refractivity (Wildman–Crippen MR) is 63.4 cm³/mol.